The van der Waals surface area contributed by atoms with Gasteiger partial charge in [-0.05, 0) is 42.5 Å². The van der Waals surface area contributed by atoms with E-state index >= 15 is 4.39 Å². The second-order valence-corrected chi connectivity index (χ2v) is 10.4. The fourth-order valence-electron chi connectivity index (χ4n) is 3.02. The van der Waals surface area contributed by atoms with Gasteiger partial charge in [0, 0.05) is 17.0 Å². The Kier molecular flexibility index (Phi) is 11.4. The van der Waals surface area contributed by atoms with Crippen LogP contribution in [0.1, 0.15) is 24.5 Å². The average molecular weight is 608 g/mol. The molecule has 0 aliphatic heterocycles. The molecule has 0 atom stereocenters. The number of benzene rings is 3. The SMILES string of the molecule is CCC(=O)NS(=O)(=O)c1ccc(NC(=O)Cc2ccc(Cl)c(Oc3cc(Cl)cc(C#N)c3)c2F)c(Cl)c1.[Na+]. The zero-order chi connectivity index (χ0) is 27.3. The van der Waals surface area contributed by atoms with Crippen LogP contribution in [0.25, 0.3) is 0 Å². The molecular weight excluding hydrogens is 591 g/mol. The molecule has 0 aliphatic carbocycles. The van der Waals surface area contributed by atoms with Crippen molar-refractivity contribution in [3.63, 3.8) is 0 Å². The van der Waals surface area contributed by atoms with E-state index in [2.05, 4.69) is 5.32 Å². The molecule has 38 heavy (non-hydrogen) atoms. The molecule has 3 rings (SSSR count). The van der Waals surface area contributed by atoms with Crippen molar-refractivity contribution < 1.29 is 56.7 Å². The Balaban J connectivity index is 0.00000507. The van der Waals surface area contributed by atoms with Gasteiger partial charge in [-0.2, -0.15) is 5.26 Å². The Labute approximate surface area is 255 Å². The van der Waals surface area contributed by atoms with E-state index in [4.69, 9.17) is 44.8 Å². The van der Waals surface area contributed by atoms with Gasteiger partial charge in [0.15, 0.2) is 11.6 Å². The van der Waals surface area contributed by atoms with Crippen molar-refractivity contribution in [3.8, 4) is 17.6 Å². The number of anilines is 1. The van der Waals surface area contributed by atoms with Gasteiger partial charge in [-0.3, -0.25) is 9.59 Å². The molecule has 0 spiro atoms. The minimum Gasteiger partial charge on any atom is -0.453 e. The average Bonchev–Trinajstić information content (AvgIpc) is 2.84. The first-order chi connectivity index (χ1) is 17.4. The number of sulfonamides is 1. The predicted molar refractivity (Wildman–Crippen MR) is 137 cm³/mol. The van der Waals surface area contributed by atoms with Gasteiger partial charge in [-0.1, -0.05) is 47.8 Å². The number of rotatable bonds is 8. The number of halogens is 4. The van der Waals surface area contributed by atoms with Crippen molar-refractivity contribution in [2.75, 3.05) is 5.32 Å². The summed E-state index contributed by atoms with van der Waals surface area (Å²) < 4.78 is 47.1. The summed E-state index contributed by atoms with van der Waals surface area (Å²) in [4.78, 5) is 23.8. The molecule has 8 nitrogen and oxygen atoms in total. The molecule has 0 aliphatic rings. The van der Waals surface area contributed by atoms with Crippen LogP contribution in [0, 0.1) is 17.1 Å². The Morgan fingerprint density at radius 1 is 1.03 bits per heavy atom. The van der Waals surface area contributed by atoms with Gasteiger partial charge < -0.3 is 10.1 Å². The molecule has 0 bridgehead atoms. The van der Waals surface area contributed by atoms with E-state index in [1.165, 1.54) is 43.3 Å². The standard InChI is InChI=1S/C24H17Cl3FN3O5S.Na/c1-2-21(32)31-37(34,35)17-4-6-20(19(27)11-17)30-22(33)9-14-3-5-18(26)24(23(14)28)36-16-8-13(12-29)7-15(25)10-16;/h3-8,10-11H,2,9H2,1H3,(H,30,33)(H,31,32);/q;+1. The predicted octanol–water partition coefficient (Wildman–Crippen LogP) is 2.85. The second kappa shape index (κ2) is 13.6. The molecule has 0 fully saturated rings. The van der Waals surface area contributed by atoms with Crippen molar-refractivity contribution in [3.05, 3.63) is 80.5 Å². The monoisotopic (exact) mass is 606 g/mol. The summed E-state index contributed by atoms with van der Waals surface area (Å²) in [7, 11) is -4.13. The summed E-state index contributed by atoms with van der Waals surface area (Å²) in [6, 6.07) is 12.1. The zero-order valence-electron chi connectivity index (χ0n) is 19.9. The molecule has 14 heteroatoms. The summed E-state index contributed by atoms with van der Waals surface area (Å²) in [5.41, 5.74) is 0.205. The third-order valence-electron chi connectivity index (χ3n) is 4.79. The van der Waals surface area contributed by atoms with Crippen molar-refractivity contribution in [1.29, 1.82) is 5.26 Å². The van der Waals surface area contributed by atoms with Crippen LogP contribution in [0.4, 0.5) is 10.1 Å². The van der Waals surface area contributed by atoms with Gasteiger partial charge in [0.1, 0.15) is 5.75 Å². The van der Waals surface area contributed by atoms with Crippen molar-refractivity contribution >= 4 is 62.3 Å². The number of nitrogens with one attached hydrogen (secondary N) is 2. The number of carbonyl (C=O) groups excluding carboxylic acids is 2. The summed E-state index contributed by atoms with van der Waals surface area (Å²) >= 11 is 18.2. The van der Waals surface area contributed by atoms with Crippen LogP contribution in [0.15, 0.2) is 53.4 Å². The van der Waals surface area contributed by atoms with Crippen molar-refractivity contribution in [1.82, 2.24) is 4.72 Å². The van der Waals surface area contributed by atoms with Gasteiger partial charge in [-0.25, -0.2) is 17.5 Å². The van der Waals surface area contributed by atoms with Gasteiger partial charge in [0.2, 0.25) is 11.8 Å². The number of ether oxygens (including phenoxy) is 1. The number of nitriles is 1. The van der Waals surface area contributed by atoms with Crippen LogP contribution in [-0.4, -0.2) is 20.2 Å². The largest absolute Gasteiger partial charge is 1.00 e. The van der Waals surface area contributed by atoms with E-state index in [1.807, 2.05) is 10.8 Å². The Morgan fingerprint density at radius 2 is 1.74 bits per heavy atom. The number of carbonyl (C=O) groups is 2. The first-order valence-corrected chi connectivity index (χ1v) is 13.1. The van der Waals surface area contributed by atoms with E-state index in [0.29, 0.717) is 0 Å². The van der Waals surface area contributed by atoms with E-state index in [0.717, 1.165) is 12.1 Å². The van der Waals surface area contributed by atoms with Crippen LogP contribution in [0.2, 0.25) is 15.1 Å². The molecule has 3 aromatic carbocycles. The normalized spacial score (nSPS) is 10.6. The molecule has 0 aromatic heterocycles. The van der Waals surface area contributed by atoms with Crippen LogP contribution < -0.4 is 44.3 Å². The molecule has 0 saturated heterocycles. The second-order valence-electron chi connectivity index (χ2n) is 7.49. The first-order valence-electron chi connectivity index (χ1n) is 10.4. The minimum absolute atomic E-state index is 0. The van der Waals surface area contributed by atoms with E-state index in [1.54, 1.807) is 0 Å². The smallest absolute Gasteiger partial charge is 0.453 e. The van der Waals surface area contributed by atoms with E-state index in [9.17, 15) is 18.0 Å². The Hall–Kier alpha value is -2.36. The minimum atomic E-state index is -4.13. The summed E-state index contributed by atoms with van der Waals surface area (Å²) in [6.07, 6.45) is -0.476. The van der Waals surface area contributed by atoms with Crippen LogP contribution in [0.5, 0.6) is 11.5 Å². The number of hydrogen-bond acceptors (Lipinski definition) is 6. The molecule has 0 radical (unpaired) electrons. The maximum atomic E-state index is 15.2. The molecule has 2 N–H and O–H groups in total. The summed E-state index contributed by atoms with van der Waals surface area (Å²) in [5.74, 6) is -2.55. The summed E-state index contributed by atoms with van der Waals surface area (Å²) in [5, 5.41) is 11.6. The maximum Gasteiger partial charge on any atom is 1.00 e. The maximum absolute atomic E-state index is 15.2. The van der Waals surface area contributed by atoms with Gasteiger partial charge in [-0.15, -0.1) is 0 Å². The molecule has 3 aromatic rings. The van der Waals surface area contributed by atoms with Gasteiger partial charge >= 0.3 is 29.6 Å². The van der Waals surface area contributed by atoms with Crippen LogP contribution in [0.3, 0.4) is 0 Å². The van der Waals surface area contributed by atoms with Crippen LogP contribution in [-0.2, 0) is 26.0 Å². The van der Waals surface area contributed by atoms with Gasteiger partial charge in [0.05, 0.1) is 38.7 Å². The fraction of sp³-hybridized carbons (Fsp3) is 0.125. The number of nitrogens with zero attached hydrogens (tertiary/aromatic N) is 1. The topological polar surface area (TPSA) is 125 Å². The van der Waals surface area contributed by atoms with Crippen molar-refractivity contribution in [2.45, 2.75) is 24.7 Å². The van der Waals surface area contributed by atoms with E-state index < -0.39 is 34.1 Å². The zero-order valence-corrected chi connectivity index (χ0v) is 25.0. The van der Waals surface area contributed by atoms with E-state index in [-0.39, 0.29) is 84.3 Å². The quantitative estimate of drug-likeness (QED) is 0.380. The van der Waals surface area contributed by atoms with Gasteiger partial charge in [0.25, 0.3) is 10.0 Å². The fourth-order valence-corrected chi connectivity index (χ4v) is 4.80. The Morgan fingerprint density at radius 3 is 2.37 bits per heavy atom. The number of amides is 2. The first kappa shape index (κ1) is 31.9. The Bertz CT molecular complexity index is 1550. The third kappa shape index (κ3) is 8.07. The molecule has 0 unspecified atom stereocenters. The molecule has 0 saturated carbocycles. The molecule has 0 heterocycles. The molecule has 192 valence electrons. The third-order valence-corrected chi connectivity index (χ3v) is 6.99. The molecule has 2 amide bonds. The summed E-state index contributed by atoms with van der Waals surface area (Å²) in [6.45, 7) is 1.50. The number of hydrogen-bond donors (Lipinski definition) is 2. The van der Waals surface area contributed by atoms with Crippen LogP contribution >= 0.6 is 34.8 Å². The molecular formula is C24H17Cl3FN3NaO5S+. The van der Waals surface area contributed by atoms with Crippen molar-refractivity contribution in [2.24, 2.45) is 0 Å².